The largest absolute Gasteiger partial charge is 0.454 e. The van der Waals surface area contributed by atoms with Gasteiger partial charge in [-0.15, -0.1) is 0 Å². The number of furan rings is 1. The molecule has 0 unspecified atom stereocenters. The zero-order valence-electron chi connectivity index (χ0n) is 29.9. The van der Waals surface area contributed by atoms with Gasteiger partial charge in [0.2, 0.25) is 0 Å². The van der Waals surface area contributed by atoms with Crippen molar-refractivity contribution in [2.24, 2.45) is 0 Å². The third-order valence-electron chi connectivity index (χ3n) is 12.1. The Morgan fingerprint density at radius 1 is 0.382 bits per heavy atom. The Morgan fingerprint density at radius 3 is 1.67 bits per heavy atom. The fourth-order valence-electron chi connectivity index (χ4n) is 9.94. The summed E-state index contributed by atoms with van der Waals surface area (Å²) in [6, 6.07) is 70.6. The maximum atomic E-state index is 7.10. The first-order chi connectivity index (χ1) is 27.3. The number of anilines is 2. The molecule has 1 spiro atoms. The average Bonchev–Trinajstić information content (AvgIpc) is 3.89. The van der Waals surface area contributed by atoms with Gasteiger partial charge in [0.1, 0.15) is 5.58 Å². The summed E-state index contributed by atoms with van der Waals surface area (Å²) in [5.74, 6) is 0. The Labute approximate surface area is 319 Å². The van der Waals surface area contributed by atoms with E-state index in [9.17, 15) is 0 Å². The van der Waals surface area contributed by atoms with Crippen molar-refractivity contribution >= 4 is 44.1 Å². The molecule has 256 valence electrons. The van der Waals surface area contributed by atoms with Crippen LogP contribution in [0.25, 0.3) is 77.2 Å². The van der Waals surface area contributed by atoms with Crippen molar-refractivity contribution in [2.45, 2.75) is 5.41 Å². The topological polar surface area (TPSA) is 25.2 Å². The van der Waals surface area contributed by atoms with E-state index in [1.165, 1.54) is 72.0 Å². The Balaban J connectivity index is 1.17. The minimum absolute atomic E-state index is 0.418. The molecule has 0 fully saturated rings. The summed E-state index contributed by atoms with van der Waals surface area (Å²) in [4.78, 5) is 0. The van der Waals surface area contributed by atoms with Gasteiger partial charge < -0.3 is 9.73 Å². The van der Waals surface area contributed by atoms with Crippen LogP contribution in [-0.4, -0.2) is 0 Å². The Morgan fingerprint density at radius 2 is 0.945 bits per heavy atom. The fourth-order valence-corrected chi connectivity index (χ4v) is 9.94. The van der Waals surface area contributed by atoms with Crippen molar-refractivity contribution in [2.75, 3.05) is 5.32 Å². The molecule has 0 saturated heterocycles. The van der Waals surface area contributed by atoms with Crippen molar-refractivity contribution in [1.82, 2.24) is 0 Å². The molecule has 10 aromatic rings. The van der Waals surface area contributed by atoms with E-state index in [1.807, 2.05) is 0 Å². The van der Waals surface area contributed by atoms with E-state index in [4.69, 9.17) is 4.42 Å². The standard InChI is InChI=1S/C53H33NO/c1-3-16-33(17-4-1)43-32-48-50(38-23-8-7-20-35(38)43)42-31-30-40(51(52(42)55-48)54-34-18-5-2-6-19-34)39-25-15-29-47-49(39)41-24-11-14-28-46(41)53(47)44-26-12-9-21-36(44)37-22-10-13-27-45(37)53/h1-32,54H. The second-order valence-corrected chi connectivity index (χ2v) is 14.8. The van der Waals surface area contributed by atoms with E-state index in [2.05, 4.69) is 199 Å². The molecule has 0 bridgehead atoms. The summed E-state index contributed by atoms with van der Waals surface area (Å²) < 4.78 is 7.10. The van der Waals surface area contributed by atoms with Gasteiger partial charge in [-0.2, -0.15) is 0 Å². The van der Waals surface area contributed by atoms with Crippen molar-refractivity contribution in [1.29, 1.82) is 0 Å². The van der Waals surface area contributed by atoms with Crippen LogP contribution in [0.1, 0.15) is 22.3 Å². The Hall–Kier alpha value is -7.16. The SMILES string of the molecule is c1ccc(Nc2c(-c3cccc4c3-c3ccccc3C43c4ccccc4-c4ccccc43)ccc3c2oc2cc(-c4ccccc4)c4ccccc4c23)cc1. The summed E-state index contributed by atoms with van der Waals surface area (Å²) in [5.41, 5.74) is 18.4. The van der Waals surface area contributed by atoms with Crippen LogP contribution in [0.4, 0.5) is 11.4 Å². The highest BCUT2D eigenvalue weighted by molar-refractivity contribution is 6.24. The predicted octanol–water partition coefficient (Wildman–Crippen LogP) is 14.2. The smallest absolute Gasteiger partial charge is 0.159 e. The third kappa shape index (κ3) is 4.08. The molecule has 2 aliphatic rings. The number of hydrogen-bond acceptors (Lipinski definition) is 2. The second kappa shape index (κ2) is 11.4. The van der Waals surface area contributed by atoms with Crippen molar-refractivity contribution in [3.63, 3.8) is 0 Å². The molecule has 2 heteroatoms. The van der Waals surface area contributed by atoms with Gasteiger partial charge in [-0.25, -0.2) is 0 Å². The molecule has 55 heavy (non-hydrogen) atoms. The molecule has 2 nitrogen and oxygen atoms in total. The molecule has 0 aliphatic heterocycles. The number of benzene rings is 9. The van der Waals surface area contributed by atoms with Gasteiger partial charge in [0, 0.05) is 22.0 Å². The highest BCUT2D eigenvalue weighted by Gasteiger charge is 2.52. The summed E-state index contributed by atoms with van der Waals surface area (Å²) in [6.07, 6.45) is 0. The molecule has 1 heterocycles. The molecular weight excluding hydrogens is 667 g/mol. The summed E-state index contributed by atoms with van der Waals surface area (Å²) in [7, 11) is 0. The normalized spacial score (nSPS) is 13.2. The summed E-state index contributed by atoms with van der Waals surface area (Å²) >= 11 is 0. The monoisotopic (exact) mass is 699 g/mol. The molecule has 12 rings (SSSR count). The molecular formula is C53H33NO. The lowest BCUT2D eigenvalue weighted by Gasteiger charge is -2.30. The first kappa shape index (κ1) is 30.3. The first-order valence-electron chi connectivity index (χ1n) is 19.0. The number of fused-ring (bicyclic) bond motifs is 15. The van der Waals surface area contributed by atoms with Gasteiger partial charge in [-0.3, -0.25) is 0 Å². The molecule has 0 amide bonds. The third-order valence-corrected chi connectivity index (χ3v) is 12.1. The summed E-state index contributed by atoms with van der Waals surface area (Å²) in [6.45, 7) is 0. The number of rotatable bonds is 4. The highest BCUT2D eigenvalue weighted by Crippen LogP contribution is 2.64. The minimum atomic E-state index is -0.418. The highest BCUT2D eigenvalue weighted by atomic mass is 16.3. The lowest BCUT2D eigenvalue weighted by Crippen LogP contribution is -2.25. The van der Waals surface area contributed by atoms with Crippen LogP contribution >= 0.6 is 0 Å². The van der Waals surface area contributed by atoms with Gasteiger partial charge >= 0.3 is 0 Å². The van der Waals surface area contributed by atoms with Gasteiger partial charge in [-0.05, 0) is 96.2 Å². The van der Waals surface area contributed by atoms with E-state index >= 15 is 0 Å². The average molecular weight is 700 g/mol. The molecule has 1 N–H and O–H groups in total. The quantitative estimate of drug-likeness (QED) is 0.198. The molecule has 9 aromatic carbocycles. The Kier molecular flexibility index (Phi) is 6.29. The van der Waals surface area contributed by atoms with Crippen LogP contribution in [0, 0.1) is 0 Å². The predicted molar refractivity (Wildman–Crippen MR) is 228 cm³/mol. The first-order valence-corrected chi connectivity index (χ1v) is 19.0. The molecule has 0 saturated carbocycles. The van der Waals surface area contributed by atoms with Crippen LogP contribution in [0.15, 0.2) is 199 Å². The molecule has 2 aliphatic carbocycles. The van der Waals surface area contributed by atoms with Crippen molar-refractivity contribution < 1.29 is 4.42 Å². The van der Waals surface area contributed by atoms with Gasteiger partial charge in [-0.1, -0.05) is 170 Å². The zero-order valence-corrected chi connectivity index (χ0v) is 29.9. The van der Waals surface area contributed by atoms with E-state index in [0.717, 1.165) is 38.9 Å². The molecule has 0 radical (unpaired) electrons. The van der Waals surface area contributed by atoms with E-state index in [-0.39, 0.29) is 0 Å². The van der Waals surface area contributed by atoms with E-state index < -0.39 is 5.41 Å². The second-order valence-electron chi connectivity index (χ2n) is 14.8. The van der Waals surface area contributed by atoms with Crippen LogP contribution in [0.3, 0.4) is 0 Å². The van der Waals surface area contributed by atoms with Crippen LogP contribution in [0.2, 0.25) is 0 Å². The maximum Gasteiger partial charge on any atom is 0.159 e. The fraction of sp³-hybridized carbons (Fsp3) is 0.0189. The van der Waals surface area contributed by atoms with Crippen molar-refractivity contribution in [3.05, 3.63) is 216 Å². The lowest BCUT2D eigenvalue weighted by molar-refractivity contribution is 0.670. The Bertz CT molecular complexity index is 3130. The summed E-state index contributed by atoms with van der Waals surface area (Å²) in [5, 5.41) is 8.51. The van der Waals surface area contributed by atoms with Gasteiger partial charge in [0.15, 0.2) is 5.58 Å². The van der Waals surface area contributed by atoms with Crippen LogP contribution < -0.4 is 5.32 Å². The number of para-hydroxylation sites is 1. The van der Waals surface area contributed by atoms with Crippen molar-refractivity contribution in [3.8, 4) is 44.5 Å². The maximum absolute atomic E-state index is 7.10. The number of nitrogens with one attached hydrogen (secondary N) is 1. The molecule has 0 atom stereocenters. The van der Waals surface area contributed by atoms with E-state index in [0.29, 0.717) is 0 Å². The van der Waals surface area contributed by atoms with E-state index in [1.54, 1.807) is 0 Å². The molecule has 1 aromatic heterocycles. The van der Waals surface area contributed by atoms with Crippen LogP contribution in [-0.2, 0) is 5.41 Å². The minimum Gasteiger partial charge on any atom is -0.454 e. The number of hydrogen-bond donors (Lipinski definition) is 1. The lowest BCUT2D eigenvalue weighted by atomic mass is 9.70. The van der Waals surface area contributed by atoms with Gasteiger partial charge in [0.25, 0.3) is 0 Å². The zero-order chi connectivity index (χ0) is 36.1. The van der Waals surface area contributed by atoms with Gasteiger partial charge in [0.05, 0.1) is 11.1 Å². The van der Waals surface area contributed by atoms with Crippen LogP contribution in [0.5, 0.6) is 0 Å².